The molecule has 0 unspecified atom stereocenters. The van der Waals surface area contributed by atoms with Gasteiger partial charge in [-0.05, 0) is 47.6 Å². The summed E-state index contributed by atoms with van der Waals surface area (Å²) in [4.78, 5) is 4.32. The van der Waals surface area contributed by atoms with Gasteiger partial charge in [-0.15, -0.1) is 0 Å². The molecule has 0 aromatic carbocycles. The van der Waals surface area contributed by atoms with Crippen LogP contribution in [0.4, 0.5) is 5.82 Å². The van der Waals surface area contributed by atoms with Gasteiger partial charge in [0.2, 0.25) is 0 Å². The first-order valence-corrected chi connectivity index (χ1v) is 5.81. The summed E-state index contributed by atoms with van der Waals surface area (Å²) in [6, 6.07) is 4.72. The average molecular weight is 288 g/mol. The minimum absolute atomic E-state index is 0.656. The molecule has 0 spiro atoms. The van der Waals surface area contributed by atoms with Crippen molar-refractivity contribution >= 4 is 28.4 Å². The fourth-order valence-corrected chi connectivity index (χ4v) is 2.26. The third-order valence-corrected chi connectivity index (χ3v) is 3.32. The van der Waals surface area contributed by atoms with Crippen LogP contribution in [-0.2, 0) is 0 Å². The molecule has 13 heavy (non-hydrogen) atoms. The minimum Gasteiger partial charge on any atom is -0.366 e. The van der Waals surface area contributed by atoms with E-state index in [9.17, 15) is 0 Å². The summed E-state index contributed by atoms with van der Waals surface area (Å²) in [6.45, 7) is 0. The Morgan fingerprint density at radius 2 is 2.15 bits per heavy atom. The van der Waals surface area contributed by atoms with Crippen LogP contribution in [-0.4, -0.2) is 11.0 Å². The molecule has 2 rings (SSSR count). The van der Waals surface area contributed by atoms with Gasteiger partial charge in [0, 0.05) is 12.2 Å². The number of hydrogen-bond donors (Lipinski definition) is 1. The van der Waals surface area contributed by atoms with Crippen molar-refractivity contribution in [3.63, 3.8) is 0 Å². The molecular weight excluding hydrogens is 275 g/mol. The number of hydrogen-bond acceptors (Lipinski definition) is 2. The lowest BCUT2D eigenvalue weighted by Crippen LogP contribution is -2.16. The fraction of sp³-hybridized carbons (Fsp3) is 0.500. The Hall–Kier alpha value is -0.320. The second kappa shape index (κ2) is 4.26. The summed E-state index contributed by atoms with van der Waals surface area (Å²) < 4.78 is 1.21. The van der Waals surface area contributed by atoms with Gasteiger partial charge < -0.3 is 5.32 Å². The van der Waals surface area contributed by atoms with Crippen molar-refractivity contribution in [3.8, 4) is 0 Å². The maximum atomic E-state index is 4.32. The molecule has 3 heteroatoms. The smallest absolute Gasteiger partial charge is 0.139 e. The summed E-state index contributed by atoms with van der Waals surface area (Å²) >= 11 is 2.32. The van der Waals surface area contributed by atoms with Crippen molar-refractivity contribution in [3.05, 3.63) is 21.9 Å². The van der Waals surface area contributed by atoms with Crippen LogP contribution in [0.2, 0.25) is 0 Å². The topological polar surface area (TPSA) is 24.9 Å². The average Bonchev–Trinajstić information content (AvgIpc) is 2.61. The largest absolute Gasteiger partial charge is 0.366 e. The molecule has 0 radical (unpaired) electrons. The Balaban J connectivity index is 2.04. The molecule has 1 aliphatic carbocycles. The van der Waals surface area contributed by atoms with Gasteiger partial charge in [-0.2, -0.15) is 0 Å². The fourth-order valence-electron chi connectivity index (χ4n) is 1.76. The highest BCUT2D eigenvalue weighted by molar-refractivity contribution is 14.1. The SMILES string of the molecule is Ic1cccnc1NC1CCCC1. The third-order valence-electron chi connectivity index (χ3n) is 2.45. The van der Waals surface area contributed by atoms with Crippen molar-refractivity contribution in [2.24, 2.45) is 0 Å². The van der Waals surface area contributed by atoms with Crippen molar-refractivity contribution in [2.45, 2.75) is 31.7 Å². The molecule has 0 aliphatic heterocycles. The molecular formula is C10H13IN2. The summed E-state index contributed by atoms with van der Waals surface area (Å²) in [5, 5.41) is 3.49. The third kappa shape index (κ3) is 2.33. The first kappa shape index (κ1) is 9.24. The molecule has 0 saturated heterocycles. The quantitative estimate of drug-likeness (QED) is 0.846. The summed E-state index contributed by atoms with van der Waals surface area (Å²) in [7, 11) is 0. The highest BCUT2D eigenvalue weighted by Gasteiger charge is 2.15. The number of halogens is 1. The highest BCUT2D eigenvalue weighted by Crippen LogP contribution is 2.23. The zero-order chi connectivity index (χ0) is 9.10. The minimum atomic E-state index is 0.656. The van der Waals surface area contributed by atoms with Gasteiger partial charge >= 0.3 is 0 Å². The number of rotatable bonds is 2. The van der Waals surface area contributed by atoms with Gasteiger partial charge in [0.25, 0.3) is 0 Å². The van der Waals surface area contributed by atoms with Crippen molar-refractivity contribution < 1.29 is 0 Å². The lowest BCUT2D eigenvalue weighted by molar-refractivity contribution is 0.749. The van der Waals surface area contributed by atoms with E-state index in [2.05, 4.69) is 39.0 Å². The van der Waals surface area contributed by atoms with Crippen LogP contribution in [0.1, 0.15) is 25.7 Å². The van der Waals surface area contributed by atoms with Gasteiger partial charge in [0.1, 0.15) is 5.82 Å². The Labute approximate surface area is 92.3 Å². The lowest BCUT2D eigenvalue weighted by Gasteiger charge is -2.13. The molecule has 1 heterocycles. The normalized spacial score (nSPS) is 17.6. The lowest BCUT2D eigenvalue weighted by atomic mass is 10.2. The van der Waals surface area contributed by atoms with Gasteiger partial charge in [0.05, 0.1) is 3.57 Å². The Morgan fingerprint density at radius 1 is 1.38 bits per heavy atom. The monoisotopic (exact) mass is 288 g/mol. The van der Waals surface area contributed by atoms with E-state index in [0.29, 0.717) is 6.04 Å². The van der Waals surface area contributed by atoms with E-state index in [1.165, 1.54) is 29.3 Å². The second-order valence-corrected chi connectivity index (χ2v) is 4.62. The van der Waals surface area contributed by atoms with Gasteiger partial charge in [0.15, 0.2) is 0 Å². The zero-order valence-electron chi connectivity index (χ0n) is 7.46. The Morgan fingerprint density at radius 3 is 2.85 bits per heavy atom. The summed E-state index contributed by atoms with van der Waals surface area (Å²) in [5.41, 5.74) is 0. The maximum Gasteiger partial charge on any atom is 0.139 e. The Kier molecular flexibility index (Phi) is 3.03. The highest BCUT2D eigenvalue weighted by atomic mass is 127. The van der Waals surface area contributed by atoms with E-state index in [1.807, 2.05) is 12.3 Å². The molecule has 2 nitrogen and oxygen atoms in total. The summed E-state index contributed by atoms with van der Waals surface area (Å²) in [5.74, 6) is 1.05. The van der Waals surface area contributed by atoms with E-state index in [4.69, 9.17) is 0 Å². The Bertz CT molecular complexity index is 282. The first-order chi connectivity index (χ1) is 6.36. The van der Waals surface area contributed by atoms with Gasteiger partial charge in [-0.25, -0.2) is 4.98 Å². The van der Waals surface area contributed by atoms with Crippen LogP contribution in [0.25, 0.3) is 0 Å². The van der Waals surface area contributed by atoms with E-state index < -0.39 is 0 Å². The first-order valence-electron chi connectivity index (χ1n) is 4.73. The van der Waals surface area contributed by atoms with Crippen LogP contribution in [0.15, 0.2) is 18.3 Å². The van der Waals surface area contributed by atoms with E-state index in [1.54, 1.807) is 0 Å². The molecule has 0 amide bonds. The van der Waals surface area contributed by atoms with Crippen LogP contribution in [0.3, 0.4) is 0 Å². The van der Waals surface area contributed by atoms with Crippen LogP contribution in [0, 0.1) is 3.57 Å². The number of anilines is 1. The van der Waals surface area contributed by atoms with Crippen molar-refractivity contribution in [2.75, 3.05) is 5.32 Å². The molecule has 0 bridgehead atoms. The molecule has 1 aromatic rings. The van der Waals surface area contributed by atoms with Crippen LogP contribution in [0.5, 0.6) is 0 Å². The standard InChI is InChI=1S/C10H13IN2/c11-9-6-3-7-12-10(9)13-8-4-1-2-5-8/h3,6-8H,1-2,4-5H2,(H,12,13). The molecule has 1 N–H and O–H groups in total. The molecule has 1 aromatic heterocycles. The van der Waals surface area contributed by atoms with E-state index >= 15 is 0 Å². The van der Waals surface area contributed by atoms with Crippen LogP contribution >= 0.6 is 22.6 Å². The number of nitrogens with one attached hydrogen (secondary N) is 1. The van der Waals surface area contributed by atoms with Crippen molar-refractivity contribution in [1.82, 2.24) is 4.98 Å². The van der Waals surface area contributed by atoms with E-state index in [-0.39, 0.29) is 0 Å². The molecule has 70 valence electrons. The molecule has 1 saturated carbocycles. The predicted molar refractivity (Wildman–Crippen MR) is 62.8 cm³/mol. The maximum absolute atomic E-state index is 4.32. The molecule has 0 atom stereocenters. The molecule has 1 fully saturated rings. The van der Waals surface area contributed by atoms with Crippen molar-refractivity contribution in [1.29, 1.82) is 0 Å². The zero-order valence-corrected chi connectivity index (χ0v) is 9.62. The van der Waals surface area contributed by atoms with Gasteiger partial charge in [-0.3, -0.25) is 0 Å². The molecule has 1 aliphatic rings. The summed E-state index contributed by atoms with van der Waals surface area (Å²) in [6.07, 6.45) is 7.17. The number of pyridine rings is 1. The van der Waals surface area contributed by atoms with Crippen LogP contribution < -0.4 is 5.32 Å². The second-order valence-electron chi connectivity index (χ2n) is 3.46. The van der Waals surface area contributed by atoms with E-state index in [0.717, 1.165) is 5.82 Å². The van der Waals surface area contributed by atoms with Gasteiger partial charge in [-0.1, -0.05) is 12.8 Å². The number of nitrogens with zero attached hydrogens (tertiary/aromatic N) is 1. The number of aromatic nitrogens is 1. The predicted octanol–water partition coefficient (Wildman–Crippen LogP) is 3.04.